The quantitative estimate of drug-likeness (QED) is 0.727. The van der Waals surface area contributed by atoms with E-state index in [9.17, 15) is 8.42 Å². The highest BCUT2D eigenvalue weighted by molar-refractivity contribution is 7.89. The molecule has 0 aliphatic carbocycles. The zero-order chi connectivity index (χ0) is 15.5. The van der Waals surface area contributed by atoms with E-state index in [2.05, 4.69) is 26.8 Å². The lowest BCUT2D eigenvalue weighted by Crippen LogP contribution is -2.23. The van der Waals surface area contributed by atoms with Crippen LogP contribution in [0.1, 0.15) is 21.8 Å². The van der Waals surface area contributed by atoms with Crippen molar-refractivity contribution in [3.8, 4) is 11.8 Å². The molecule has 0 atom stereocenters. The Balaban J connectivity index is 2.11. The predicted octanol–water partition coefficient (Wildman–Crippen LogP) is 0.877. The van der Waals surface area contributed by atoms with Crippen molar-refractivity contribution < 1.29 is 8.42 Å². The molecule has 112 valence electrons. The highest BCUT2D eigenvalue weighted by Gasteiger charge is 2.21. The van der Waals surface area contributed by atoms with Crippen LogP contribution < -0.4 is 10.5 Å². The smallest absolute Gasteiger partial charge is 0.244 e. The van der Waals surface area contributed by atoms with Gasteiger partial charge in [-0.25, -0.2) is 13.1 Å². The van der Waals surface area contributed by atoms with Crippen LogP contribution in [0.2, 0.25) is 0 Å². The van der Waals surface area contributed by atoms with Crippen LogP contribution in [0.15, 0.2) is 16.3 Å². The average Bonchev–Trinajstić information content (AvgIpc) is 3.01. The molecule has 0 saturated carbocycles. The van der Waals surface area contributed by atoms with Crippen molar-refractivity contribution >= 4 is 21.4 Å². The van der Waals surface area contributed by atoms with Gasteiger partial charge in [-0.05, 0) is 19.9 Å². The van der Waals surface area contributed by atoms with Gasteiger partial charge >= 0.3 is 0 Å². The van der Waals surface area contributed by atoms with Gasteiger partial charge in [-0.15, -0.1) is 11.3 Å². The van der Waals surface area contributed by atoms with E-state index in [0.717, 1.165) is 10.4 Å². The molecule has 2 aromatic heterocycles. The first-order chi connectivity index (χ1) is 9.94. The third-order valence-electron chi connectivity index (χ3n) is 2.75. The maximum absolute atomic E-state index is 12.3. The molecule has 2 aromatic rings. The molecule has 0 saturated heterocycles. The molecule has 4 N–H and O–H groups in total. The normalized spacial score (nSPS) is 11.2. The first-order valence-electron chi connectivity index (χ1n) is 6.21. The number of H-pyrrole nitrogens is 1. The molecule has 0 aliphatic rings. The van der Waals surface area contributed by atoms with E-state index in [1.165, 1.54) is 11.3 Å². The van der Waals surface area contributed by atoms with Crippen molar-refractivity contribution in [1.29, 1.82) is 0 Å². The Bertz CT molecular complexity index is 774. The monoisotopic (exact) mass is 324 g/mol. The summed E-state index contributed by atoms with van der Waals surface area (Å²) in [5, 5.41) is 8.45. The summed E-state index contributed by atoms with van der Waals surface area (Å²) in [6.07, 6.45) is 0. The second-order valence-electron chi connectivity index (χ2n) is 4.40. The zero-order valence-corrected chi connectivity index (χ0v) is 13.4. The molecule has 0 bridgehead atoms. The summed E-state index contributed by atoms with van der Waals surface area (Å²) in [5.74, 6) is 5.67. The summed E-state index contributed by atoms with van der Waals surface area (Å²) >= 11 is 1.45. The van der Waals surface area contributed by atoms with Gasteiger partial charge in [0.15, 0.2) is 0 Å². The lowest BCUT2D eigenvalue weighted by molar-refractivity contribution is 0.580. The molecule has 0 spiro atoms. The van der Waals surface area contributed by atoms with Crippen LogP contribution >= 0.6 is 11.3 Å². The number of nitrogens with one attached hydrogen (secondary N) is 2. The second-order valence-corrected chi connectivity index (χ2v) is 7.09. The van der Waals surface area contributed by atoms with Gasteiger partial charge in [0, 0.05) is 22.4 Å². The van der Waals surface area contributed by atoms with Gasteiger partial charge in [0.05, 0.1) is 17.9 Å². The maximum atomic E-state index is 12.3. The van der Waals surface area contributed by atoms with Crippen molar-refractivity contribution in [3.05, 3.63) is 33.3 Å². The fraction of sp³-hybridized carbons (Fsp3) is 0.308. The van der Waals surface area contributed by atoms with E-state index in [1.54, 1.807) is 13.8 Å². The van der Waals surface area contributed by atoms with Crippen molar-refractivity contribution in [2.24, 2.45) is 5.73 Å². The minimum Gasteiger partial charge on any atom is -0.320 e. The Hall–Kier alpha value is -1.66. The summed E-state index contributed by atoms with van der Waals surface area (Å²) in [7, 11) is -3.58. The number of hydrogen-bond donors (Lipinski definition) is 3. The van der Waals surface area contributed by atoms with Gasteiger partial charge < -0.3 is 5.73 Å². The van der Waals surface area contributed by atoms with Crippen LogP contribution in [0.5, 0.6) is 0 Å². The number of sulfonamides is 1. The van der Waals surface area contributed by atoms with Crippen LogP contribution in [0.4, 0.5) is 0 Å². The third kappa shape index (κ3) is 3.71. The fourth-order valence-electron chi connectivity index (χ4n) is 1.87. The van der Waals surface area contributed by atoms with Crippen LogP contribution in [-0.2, 0) is 16.6 Å². The van der Waals surface area contributed by atoms with Gasteiger partial charge in [-0.1, -0.05) is 11.8 Å². The molecule has 0 radical (unpaired) electrons. The minimum atomic E-state index is -3.58. The molecule has 0 aliphatic heterocycles. The SMILES string of the molecule is Cc1n[nH]c(C)c1S(=O)(=O)NCc1cc(C#CCN)cs1. The van der Waals surface area contributed by atoms with Gasteiger partial charge in [0.25, 0.3) is 0 Å². The average molecular weight is 324 g/mol. The summed E-state index contributed by atoms with van der Waals surface area (Å²) in [6.45, 7) is 3.86. The molecular formula is C13H16N4O2S2. The maximum Gasteiger partial charge on any atom is 0.244 e. The van der Waals surface area contributed by atoms with Crippen LogP contribution in [-0.4, -0.2) is 25.2 Å². The Morgan fingerprint density at radius 1 is 1.48 bits per heavy atom. The summed E-state index contributed by atoms with van der Waals surface area (Å²) in [5.41, 5.74) is 7.14. The number of nitrogens with two attached hydrogens (primary N) is 1. The van der Waals surface area contributed by atoms with Crippen LogP contribution in [0.25, 0.3) is 0 Å². The van der Waals surface area contributed by atoms with Crippen molar-refractivity contribution in [3.63, 3.8) is 0 Å². The molecule has 0 unspecified atom stereocenters. The van der Waals surface area contributed by atoms with Gasteiger partial charge in [-0.2, -0.15) is 5.10 Å². The van der Waals surface area contributed by atoms with Crippen LogP contribution in [0.3, 0.4) is 0 Å². The third-order valence-corrected chi connectivity index (χ3v) is 5.35. The fourth-order valence-corrected chi connectivity index (χ4v) is 4.09. The van der Waals surface area contributed by atoms with Gasteiger partial charge in [-0.3, -0.25) is 5.10 Å². The van der Waals surface area contributed by atoms with E-state index >= 15 is 0 Å². The van der Waals surface area contributed by atoms with E-state index in [1.807, 2.05) is 11.4 Å². The Labute approximate surface area is 127 Å². The van der Waals surface area contributed by atoms with E-state index in [-0.39, 0.29) is 11.4 Å². The Morgan fingerprint density at radius 2 is 2.24 bits per heavy atom. The zero-order valence-electron chi connectivity index (χ0n) is 11.7. The highest BCUT2D eigenvalue weighted by Crippen LogP contribution is 2.18. The Morgan fingerprint density at radius 3 is 2.86 bits per heavy atom. The molecule has 0 amide bonds. The van der Waals surface area contributed by atoms with E-state index < -0.39 is 10.0 Å². The molecule has 21 heavy (non-hydrogen) atoms. The lowest BCUT2D eigenvalue weighted by atomic mass is 10.3. The van der Waals surface area contributed by atoms with Gasteiger partial charge in [0.1, 0.15) is 4.90 Å². The number of aryl methyl sites for hydroxylation is 2. The number of hydrogen-bond acceptors (Lipinski definition) is 5. The standard InChI is InChI=1S/C13H16N4O2S2/c1-9-13(10(2)17-16-9)21(18,19)15-7-12-6-11(8-20-12)4-3-5-14/h6,8,15H,5,7,14H2,1-2H3,(H,16,17). The second kappa shape index (κ2) is 6.41. The summed E-state index contributed by atoms with van der Waals surface area (Å²) < 4.78 is 27.1. The van der Waals surface area contributed by atoms with Crippen molar-refractivity contribution in [1.82, 2.24) is 14.9 Å². The van der Waals surface area contributed by atoms with Crippen LogP contribution in [0, 0.1) is 25.7 Å². The van der Waals surface area contributed by atoms with Crippen molar-refractivity contribution in [2.45, 2.75) is 25.3 Å². The molecule has 2 heterocycles. The van der Waals surface area contributed by atoms with Crippen molar-refractivity contribution in [2.75, 3.05) is 6.54 Å². The topological polar surface area (TPSA) is 101 Å². The highest BCUT2D eigenvalue weighted by atomic mass is 32.2. The number of aromatic nitrogens is 2. The van der Waals surface area contributed by atoms with E-state index in [4.69, 9.17) is 5.73 Å². The minimum absolute atomic E-state index is 0.210. The molecule has 8 heteroatoms. The molecular weight excluding hydrogens is 308 g/mol. The Kier molecular flexibility index (Phi) is 4.80. The molecule has 2 rings (SSSR count). The number of nitrogens with zero attached hydrogens (tertiary/aromatic N) is 1. The largest absolute Gasteiger partial charge is 0.320 e. The lowest BCUT2D eigenvalue weighted by Gasteiger charge is -2.05. The number of rotatable bonds is 4. The molecule has 6 nitrogen and oxygen atoms in total. The first kappa shape index (κ1) is 15.7. The van der Waals surface area contributed by atoms with Gasteiger partial charge in [0.2, 0.25) is 10.0 Å². The predicted molar refractivity (Wildman–Crippen MR) is 82.3 cm³/mol. The number of aromatic amines is 1. The first-order valence-corrected chi connectivity index (χ1v) is 8.58. The summed E-state index contributed by atoms with van der Waals surface area (Å²) in [6, 6.07) is 1.85. The number of thiophene rings is 1. The summed E-state index contributed by atoms with van der Waals surface area (Å²) in [4.78, 5) is 1.10. The molecule has 0 aromatic carbocycles. The van der Waals surface area contributed by atoms with E-state index in [0.29, 0.717) is 17.9 Å². The molecule has 0 fully saturated rings.